The van der Waals surface area contributed by atoms with Crippen LogP contribution in [-0.2, 0) is 0 Å². The third-order valence-corrected chi connectivity index (χ3v) is 2.33. The van der Waals surface area contributed by atoms with Gasteiger partial charge in [0.15, 0.2) is 0 Å². The zero-order valence-electron chi connectivity index (χ0n) is 8.57. The summed E-state index contributed by atoms with van der Waals surface area (Å²) in [6.45, 7) is 0. The predicted molar refractivity (Wildman–Crippen MR) is 63.8 cm³/mol. The summed E-state index contributed by atoms with van der Waals surface area (Å²) < 4.78 is 1.68. The van der Waals surface area contributed by atoms with E-state index in [2.05, 4.69) is 15.3 Å². The van der Waals surface area contributed by atoms with Crippen LogP contribution in [0.15, 0.2) is 35.7 Å². The second-order valence-corrected chi connectivity index (χ2v) is 3.53. The third kappa shape index (κ3) is 2.45. The van der Waals surface area contributed by atoms with Crippen LogP contribution in [0.2, 0.25) is 0 Å². The van der Waals surface area contributed by atoms with Crippen LogP contribution in [0.25, 0.3) is 0 Å². The van der Waals surface area contributed by atoms with Crippen molar-refractivity contribution in [1.29, 1.82) is 0 Å². The summed E-state index contributed by atoms with van der Waals surface area (Å²) in [6, 6.07) is 6.57. The van der Waals surface area contributed by atoms with Crippen molar-refractivity contribution in [1.82, 2.24) is 14.9 Å². The number of hydrogen-bond acceptors (Lipinski definition) is 4. The summed E-state index contributed by atoms with van der Waals surface area (Å²) in [4.78, 5) is 10.9. The van der Waals surface area contributed by atoms with Gasteiger partial charge in [0.25, 0.3) is 0 Å². The first kappa shape index (κ1) is 11.2. The molecular formula is C10H8N4O2S. The first-order chi connectivity index (χ1) is 8.18. The maximum absolute atomic E-state index is 10.9. The molecule has 7 heteroatoms. The molecule has 0 aliphatic rings. The highest BCUT2D eigenvalue weighted by atomic mass is 32.1. The van der Waals surface area contributed by atoms with Crippen molar-refractivity contribution < 1.29 is 9.90 Å². The second-order valence-electron chi connectivity index (χ2n) is 3.14. The van der Waals surface area contributed by atoms with Crippen molar-refractivity contribution in [3.63, 3.8) is 0 Å². The topological polar surface area (TPSA) is 83.3 Å². The van der Waals surface area contributed by atoms with E-state index in [4.69, 9.17) is 17.3 Å². The number of benzene rings is 1. The lowest BCUT2D eigenvalue weighted by molar-refractivity contribution is 0.0697. The molecule has 0 radical (unpaired) electrons. The maximum atomic E-state index is 10.9. The molecule has 0 spiro atoms. The standard InChI is InChI=1S/C10H8N4O2S/c15-9(16)8-4-2-1-3-7(8)5-12-14-6-11-13-10(14)17/h1-6H,(H,13,17)(H,15,16). The Kier molecular flexibility index (Phi) is 3.10. The molecule has 0 aliphatic carbocycles. The molecule has 1 aromatic carbocycles. The molecule has 0 saturated carbocycles. The zero-order valence-corrected chi connectivity index (χ0v) is 9.39. The van der Waals surface area contributed by atoms with Gasteiger partial charge in [0, 0.05) is 5.56 Å². The van der Waals surface area contributed by atoms with E-state index in [1.165, 1.54) is 23.3 Å². The van der Waals surface area contributed by atoms with Crippen molar-refractivity contribution in [2.24, 2.45) is 5.10 Å². The average molecular weight is 248 g/mol. The zero-order chi connectivity index (χ0) is 12.3. The van der Waals surface area contributed by atoms with E-state index in [9.17, 15) is 4.79 Å². The number of rotatable bonds is 3. The number of aromatic carboxylic acids is 1. The van der Waals surface area contributed by atoms with Gasteiger partial charge in [0.1, 0.15) is 6.33 Å². The van der Waals surface area contributed by atoms with Gasteiger partial charge in [-0.3, -0.25) is 5.10 Å². The van der Waals surface area contributed by atoms with Crippen LogP contribution < -0.4 is 0 Å². The Morgan fingerprint density at radius 3 is 2.94 bits per heavy atom. The number of hydrogen-bond donors (Lipinski definition) is 2. The molecule has 0 amide bonds. The number of carboxylic acid groups (broad SMARTS) is 1. The van der Waals surface area contributed by atoms with Crippen LogP contribution in [0.4, 0.5) is 0 Å². The van der Waals surface area contributed by atoms with Crippen LogP contribution in [0.3, 0.4) is 0 Å². The number of aromatic amines is 1. The largest absolute Gasteiger partial charge is 0.478 e. The minimum Gasteiger partial charge on any atom is -0.478 e. The molecule has 1 aromatic heterocycles. The number of aromatic nitrogens is 3. The highest BCUT2D eigenvalue weighted by Gasteiger charge is 2.06. The second kappa shape index (κ2) is 4.71. The van der Waals surface area contributed by atoms with Crippen molar-refractivity contribution in [2.75, 3.05) is 0 Å². The minimum atomic E-state index is -0.997. The van der Waals surface area contributed by atoms with Gasteiger partial charge in [0.05, 0.1) is 11.8 Å². The minimum absolute atomic E-state index is 0.186. The summed E-state index contributed by atoms with van der Waals surface area (Å²) in [5.41, 5.74) is 0.689. The Bertz CT molecular complexity index is 629. The van der Waals surface area contributed by atoms with Gasteiger partial charge in [-0.25, -0.2) is 4.79 Å². The van der Waals surface area contributed by atoms with E-state index in [1.807, 2.05) is 0 Å². The molecule has 2 N–H and O–H groups in total. The summed E-state index contributed by atoms with van der Waals surface area (Å²) in [5.74, 6) is -0.997. The van der Waals surface area contributed by atoms with E-state index in [1.54, 1.807) is 18.2 Å². The van der Waals surface area contributed by atoms with Crippen LogP contribution in [0.5, 0.6) is 0 Å². The normalized spacial score (nSPS) is 10.8. The first-order valence-electron chi connectivity index (χ1n) is 4.67. The summed E-state index contributed by atoms with van der Waals surface area (Å²) >= 11 is 4.90. The van der Waals surface area contributed by atoms with Crippen LogP contribution in [0, 0.1) is 4.77 Å². The Hall–Kier alpha value is -2.28. The number of H-pyrrole nitrogens is 1. The predicted octanol–water partition coefficient (Wildman–Crippen LogP) is 1.52. The number of nitrogens with zero attached hydrogens (tertiary/aromatic N) is 3. The molecule has 2 aromatic rings. The highest BCUT2D eigenvalue weighted by Crippen LogP contribution is 2.06. The van der Waals surface area contributed by atoms with E-state index in [0.717, 1.165) is 0 Å². The SMILES string of the molecule is O=C(O)c1ccccc1C=Nn1cn[nH]c1=S. The molecule has 0 fully saturated rings. The molecule has 17 heavy (non-hydrogen) atoms. The number of carboxylic acids is 1. The molecule has 0 bridgehead atoms. The van der Waals surface area contributed by atoms with E-state index < -0.39 is 5.97 Å². The third-order valence-electron chi connectivity index (χ3n) is 2.05. The van der Waals surface area contributed by atoms with Crippen molar-refractivity contribution in [3.05, 3.63) is 46.5 Å². The van der Waals surface area contributed by atoms with E-state index in [0.29, 0.717) is 10.3 Å². The van der Waals surface area contributed by atoms with Gasteiger partial charge in [0.2, 0.25) is 4.77 Å². The molecule has 0 saturated heterocycles. The van der Waals surface area contributed by atoms with Crippen molar-refractivity contribution >= 4 is 24.4 Å². The lowest BCUT2D eigenvalue weighted by atomic mass is 10.1. The monoisotopic (exact) mass is 248 g/mol. The average Bonchev–Trinajstić information content (AvgIpc) is 2.72. The smallest absolute Gasteiger partial charge is 0.336 e. The fraction of sp³-hybridized carbons (Fsp3) is 0. The Labute approximate surface area is 101 Å². The Morgan fingerprint density at radius 2 is 2.29 bits per heavy atom. The maximum Gasteiger partial charge on any atom is 0.336 e. The van der Waals surface area contributed by atoms with Gasteiger partial charge in [-0.2, -0.15) is 14.9 Å². The van der Waals surface area contributed by atoms with Crippen molar-refractivity contribution in [3.8, 4) is 0 Å². The Balaban J connectivity index is 2.37. The fourth-order valence-electron chi connectivity index (χ4n) is 1.25. The molecule has 86 valence electrons. The van der Waals surface area contributed by atoms with E-state index >= 15 is 0 Å². The molecule has 1 heterocycles. The first-order valence-corrected chi connectivity index (χ1v) is 5.08. The number of nitrogens with one attached hydrogen (secondary N) is 1. The van der Waals surface area contributed by atoms with Crippen LogP contribution in [0.1, 0.15) is 15.9 Å². The summed E-state index contributed by atoms with van der Waals surface area (Å²) in [7, 11) is 0. The van der Waals surface area contributed by atoms with Crippen LogP contribution in [-0.4, -0.2) is 32.2 Å². The lowest BCUT2D eigenvalue weighted by Gasteiger charge is -1.98. The summed E-state index contributed by atoms with van der Waals surface area (Å²) in [5, 5.41) is 19.2. The van der Waals surface area contributed by atoms with Gasteiger partial charge >= 0.3 is 5.97 Å². The highest BCUT2D eigenvalue weighted by molar-refractivity contribution is 7.71. The van der Waals surface area contributed by atoms with Gasteiger partial charge in [-0.1, -0.05) is 18.2 Å². The molecule has 0 aliphatic heterocycles. The van der Waals surface area contributed by atoms with E-state index in [-0.39, 0.29) is 5.56 Å². The van der Waals surface area contributed by atoms with Crippen LogP contribution >= 0.6 is 12.2 Å². The van der Waals surface area contributed by atoms with Gasteiger partial charge in [-0.15, -0.1) is 0 Å². The Morgan fingerprint density at radius 1 is 1.53 bits per heavy atom. The summed E-state index contributed by atoms with van der Waals surface area (Å²) in [6.07, 6.45) is 2.83. The quantitative estimate of drug-likeness (QED) is 0.637. The molecular weight excluding hydrogens is 240 g/mol. The lowest BCUT2D eigenvalue weighted by Crippen LogP contribution is -2.02. The van der Waals surface area contributed by atoms with Gasteiger partial charge in [-0.05, 0) is 18.3 Å². The molecule has 2 rings (SSSR count). The number of carbonyl (C=O) groups is 1. The molecule has 0 atom stereocenters. The van der Waals surface area contributed by atoms with Crippen molar-refractivity contribution in [2.45, 2.75) is 0 Å². The molecule has 0 unspecified atom stereocenters. The molecule has 6 nitrogen and oxygen atoms in total. The van der Waals surface area contributed by atoms with Gasteiger partial charge < -0.3 is 5.11 Å². The fourth-order valence-corrected chi connectivity index (χ4v) is 1.40.